The number of aromatic nitrogens is 1. The van der Waals surface area contributed by atoms with Gasteiger partial charge in [-0.15, -0.1) is 0 Å². The number of nitrogens with one attached hydrogen (secondary N) is 1. The Labute approximate surface area is 147 Å². The summed E-state index contributed by atoms with van der Waals surface area (Å²) < 4.78 is 7.59. The van der Waals surface area contributed by atoms with Gasteiger partial charge in [0.15, 0.2) is 0 Å². The molecule has 2 amide bonds. The smallest absolute Gasteiger partial charge is 0.249 e. The number of carbonyl (C=O) groups excluding carboxylic acids is 2. The van der Waals surface area contributed by atoms with Gasteiger partial charge < -0.3 is 19.5 Å². The Morgan fingerprint density at radius 3 is 2.84 bits per heavy atom. The minimum atomic E-state index is -0.576. The van der Waals surface area contributed by atoms with Crippen molar-refractivity contribution in [2.45, 2.75) is 33.4 Å². The van der Waals surface area contributed by atoms with Crippen molar-refractivity contribution < 1.29 is 14.3 Å². The average molecular weight is 343 g/mol. The first-order valence-corrected chi connectivity index (χ1v) is 8.70. The number of anilines is 1. The van der Waals surface area contributed by atoms with Crippen LogP contribution in [0.2, 0.25) is 0 Å². The molecule has 0 bridgehead atoms. The van der Waals surface area contributed by atoms with Crippen molar-refractivity contribution in [1.29, 1.82) is 0 Å². The largest absolute Gasteiger partial charge is 0.377 e. The van der Waals surface area contributed by atoms with Crippen molar-refractivity contribution in [1.82, 2.24) is 9.47 Å². The Bertz CT molecular complexity index is 781. The maximum absolute atomic E-state index is 12.6. The number of nitrogens with zero attached hydrogens (tertiary/aromatic N) is 2. The zero-order valence-electron chi connectivity index (χ0n) is 15.0. The van der Waals surface area contributed by atoms with Crippen LogP contribution in [0.4, 0.5) is 5.69 Å². The fraction of sp³-hybridized carbons (Fsp3) is 0.474. The van der Waals surface area contributed by atoms with Crippen LogP contribution in [0.15, 0.2) is 30.5 Å². The van der Waals surface area contributed by atoms with Gasteiger partial charge in [-0.05, 0) is 30.2 Å². The molecular weight excluding hydrogens is 318 g/mol. The summed E-state index contributed by atoms with van der Waals surface area (Å²) >= 11 is 0. The predicted octanol–water partition coefficient (Wildman–Crippen LogP) is 2.48. The number of amides is 2. The number of rotatable bonds is 4. The SMILES string of the molecule is CC(=O)N1CCOCC1C(=O)Nc1ccc2c(ccn2CC(C)C)c1. The first-order valence-electron chi connectivity index (χ1n) is 8.70. The first-order chi connectivity index (χ1) is 12.0. The summed E-state index contributed by atoms with van der Waals surface area (Å²) in [5.74, 6) is 0.249. The van der Waals surface area contributed by atoms with Crippen molar-refractivity contribution in [3.05, 3.63) is 30.5 Å². The molecule has 0 spiro atoms. The van der Waals surface area contributed by atoms with Crippen molar-refractivity contribution in [3.8, 4) is 0 Å². The summed E-state index contributed by atoms with van der Waals surface area (Å²) in [5, 5.41) is 4.00. The minimum absolute atomic E-state index is 0.107. The fourth-order valence-corrected chi connectivity index (χ4v) is 3.25. The number of hydrogen-bond donors (Lipinski definition) is 1. The third kappa shape index (κ3) is 3.85. The second-order valence-electron chi connectivity index (χ2n) is 6.93. The van der Waals surface area contributed by atoms with E-state index in [0.717, 1.165) is 23.1 Å². The number of carbonyl (C=O) groups is 2. The fourth-order valence-electron chi connectivity index (χ4n) is 3.25. The predicted molar refractivity (Wildman–Crippen MR) is 97.4 cm³/mol. The van der Waals surface area contributed by atoms with Gasteiger partial charge in [0, 0.05) is 42.8 Å². The van der Waals surface area contributed by atoms with Gasteiger partial charge in [-0.2, -0.15) is 0 Å². The number of hydrogen-bond acceptors (Lipinski definition) is 3. The van der Waals surface area contributed by atoms with Gasteiger partial charge >= 0.3 is 0 Å². The van der Waals surface area contributed by atoms with E-state index in [1.165, 1.54) is 6.92 Å². The highest BCUT2D eigenvalue weighted by Crippen LogP contribution is 2.22. The molecule has 1 atom stereocenters. The molecule has 1 aromatic carbocycles. The zero-order chi connectivity index (χ0) is 18.0. The van der Waals surface area contributed by atoms with Crippen molar-refractivity contribution in [2.75, 3.05) is 25.1 Å². The van der Waals surface area contributed by atoms with E-state index in [0.29, 0.717) is 19.1 Å². The maximum Gasteiger partial charge on any atom is 0.249 e. The van der Waals surface area contributed by atoms with Crippen molar-refractivity contribution in [3.63, 3.8) is 0 Å². The summed E-state index contributed by atoms with van der Waals surface area (Å²) in [7, 11) is 0. The first kappa shape index (κ1) is 17.5. The monoisotopic (exact) mass is 343 g/mol. The molecule has 1 aromatic heterocycles. The van der Waals surface area contributed by atoms with Crippen LogP contribution in [-0.2, 0) is 20.9 Å². The third-order valence-corrected chi connectivity index (χ3v) is 4.44. The van der Waals surface area contributed by atoms with Crippen LogP contribution in [-0.4, -0.2) is 47.1 Å². The summed E-state index contributed by atoms with van der Waals surface area (Å²) in [6.45, 7) is 7.97. The number of morpholine rings is 1. The van der Waals surface area contributed by atoms with Crippen LogP contribution in [0.5, 0.6) is 0 Å². The zero-order valence-corrected chi connectivity index (χ0v) is 15.0. The lowest BCUT2D eigenvalue weighted by atomic mass is 10.2. The topological polar surface area (TPSA) is 63.6 Å². The Balaban J connectivity index is 1.76. The number of benzene rings is 1. The molecule has 6 heteroatoms. The summed E-state index contributed by atoms with van der Waals surface area (Å²) in [5.41, 5.74) is 1.88. The Hall–Kier alpha value is -2.34. The normalized spacial score (nSPS) is 17.9. The lowest BCUT2D eigenvalue weighted by Gasteiger charge is -2.33. The van der Waals surface area contributed by atoms with E-state index < -0.39 is 6.04 Å². The van der Waals surface area contributed by atoms with Crippen molar-refractivity contribution >= 4 is 28.4 Å². The highest BCUT2D eigenvalue weighted by atomic mass is 16.5. The highest BCUT2D eigenvalue weighted by molar-refractivity contribution is 5.98. The standard InChI is InChI=1S/C19H25N3O3/c1-13(2)11-21-7-6-15-10-16(4-5-17(15)21)20-19(24)18-12-25-9-8-22(18)14(3)23/h4-7,10,13,18H,8-9,11-12H2,1-3H3,(H,20,24). The number of fused-ring (bicyclic) bond motifs is 1. The maximum atomic E-state index is 12.6. The molecule has 1 aliphatic rings. The van der Waals surface area contributed by atoms with E-state index in [4.69, 9.17) is 4.74 Å². The van der Waals surface area contributed by atoms with E-state index in [-0.39, 0.29) is 18.4 Å². The van der Waals surface area contributed by atoms with Gasteiger partial charge in [-0.25, -0.2) is 0 Å². The van der Waals surface area contributed by atoms with Gasteiger partial charge in [-0.1, -0.05) is 13.8 Å². The molecular formula is C19H25N3O3. The highest BCUT2D eigenvalue weighted by Gasteiger charge is 2.31. The van der Waals surface area contributed by atoms with Crippen molar-refractivity contribution in [2.24, 2.45) is 5.92 Å². The molecule has 25 heavy (non-hydrogen) atoms. The minimum Gasteiger partial charge on any atom is -0.377 e. The van der Waals surface area contributed by atoms with Crippen LogP contribution >= 0.6 is 0 Å². The molecule has 1 saturated heterocycles. The molecule has 3 rings (SSSR count). The van der Waals surface area contributed by atoms with E-state index in [9.17, 15) is 9.59 Å². The van der Waals surface area contributed by atoms with Gasteiger partial charge in [0.25, 0.3) is 0 Å². The Kier molecular flexibility index (Phi) is 5.08. The van der Waals surface area contributed by atoms with Crippen LogP contribution in [0, 0.1) is 5.92 Å². The Morgan fingerprint density at radius 1 is 1.32 bits per heavy atom. The van der Waals surface area contributed by atoms with E-state index in [1.54, 1.807) is 4.90 Å². The van der Waals surface area contributed by atoms with Gasteiger partial charge in [0.1, 0.15) is 6.04 Å². The van der Waals surface area contributed by atoms with E-state index in [2.05, 4.69) is 36.0 Å². The third-order valence-electron chi connectivity index (χ3n) is 4.44. The molecule has 2 aromatic rings. The molecule has 0 saturated carbocycles. The Morgan fingerprint density at radius 2 is 2.12 bits per heavy atom. The molecule has 0 aliphatic carbocycles. The second kappa shape index (κ2) is 7.27. The van der Waals surface area contributed by atoms with E-state index >= 15 is 0 Å². The van der Waals surface area contributed by atoms with Crippen LogP contribution < -0.4 is 5.32 Å². The summed E-state index contributed by atoms with van der Waals surface area (Å²) in [4.78, 5) is 25.9. The quantitative estimate of drug-likeness (QED) is 0.928. The molecule has 134 valence electrons. The summed E-state index contributed by atoms with van der Waals surface area (Å²) in [6, 6.07) is 7.37. The lowest BCUT2D eigenvalue weighted by Crippen LogP contribution is -2.53. The second-order valence-corrected chi connectivity index (χ2v) is 6.93. The lowest BCUT2D eigenvalue weighted by molar-refractivity contribution is -0.144. The van der Waals surface area contributed by atoms with Crippen LogP contribution in [0.1, 0.15) is 20.8 Å². The van der Waals surface area contributed by atoms with Crippen LogP contribution in [0.25, 0.3) is 10.9 Å². The molecule has 2 heterocycles. The molecule has 1 unspecified atom stereocenters. The summed E-state index contributed by atoms with van der Waals surface area (Å²) in [6.07, 6.45) is 2.07. The molecule has 1 fully saturated rings. The molecule has 6 nitrogen and oxygen atoms in total. The van der Waals surface area contributed by atoms with Gasteiger partial charge in [0.05, 0.1) is 13.2 Å². The van der Waals surface area contributed by atoms with E-state index in [1.807, 2.05) is 18.2 Å². The molecule has 1 N–H and O–H groups in total. The van der Waals surface area contributed by atoms with Gasteiger partial charge in [-0.3, -0.25) is 9.59 Å². The average Bonchev–Trinajstić information content (AvgIpc) is 2.96. The number of ether oxygens (including phenoxy) is 1. The molecule has 1 aliphatic heterocycles. The molecule has 0 radical (unpaired) electrons. The van der Waals surface area contributed by atoms with Crippen LogP contribution in [0.3, 0.4) is 0 Å². The van der Waals surface area contributed by atoms with Gasteiger partial charge in [0.2, 0.25) is 11.8 Å².